The fraction of sp³-hybridized carbons (Fsp3) is 0.130. The smallest absolute Gasteiger partial charge is 0.194 e. The van der Waals surface area contributed by atoms with E-state index in [9.17, 15) is 14.7 Å². The van der Waals surface area contributed by atoms with Crippen molar-refractivity contribution in [3.63, 3.8) is 0 Å². The van der Waals surface area contributed by atoms with Crippen LogP contribution in [0.1, 0.15) is 31.8 Å². The van der Waals surface area contributed by atoms with E-state index < -0.39 is 6.10 Å². The molecule has 0 amide bonds. The Bertz CT molecular complexity index is 1100. The number of hydrogen-bond acceptors (Lipinski definition) is 7. The number of carbonyl (C=O) groups is 2. The van der Waals surface area contributed by atoms with Crippen molar-refractivity contribution in [3.8, 4) is 0 Å². The maximum atomic E-state index is 12.9. The van der Waals surface area contributed by atoms with Gasteiger partial charge in [0.25, 0.3) is 0 Å². The summed E-state index contributed by atoms with van der Waals surface area (Å²) in [4.78, 5) is 28.5. The van der Waals surface area contributed by atoms with Gasteiger partial charge >= 0.3 is 0 Å². The maximum absolute atomic E-state index is 12.9. The number of ketones is 2. The molecule has 7 heteroatoms. The Labute approximate surface area is 182 Å². The summed E-state index contributed by atoms with van der Waals surface area (Å²) in [5.41, 5.74) is 1.81. The summed E-state index contributed by atoms with van der Waals surface area (Å²) in [5, 5.41) is 18.2. The Hall–Kier alpha value is -2.42. The van der Waals surface area contributed by atoms with Crippen molar-refractivity contribution >= 4 is 35.3 Å². The summed E-state index contributed by atoms with van der Waals surface area (Å²) in [6.45, 7) is 0.0201. The van der Waals surface area contributed by atoms with Crippen molar-refractivity contribution in [2.45, 2.75) is 20.8 Å². The number of nitrogens with one attached hydrogen (secondary N) is 1. The molecule has 0 aromatic heterocycles. The number of aliphatic hydroxyl groups excluding tert-OH is 2. The zero-order chi connectivity index (χ0) is 21.1. The van der Waals surface area contributed by atoms with Gasteiger partial charge in [-0.1, -0.05) is 36.0 Å². The second kappa shape index (κ2) is 9.16. The van der Waals surface area contributed by atoms with E-state index in [0.717, 1.165) is 14.7 Å². The molecule has 0 saturated carbocycles. The molecule has 3 aromatic carbocycles. The molecule has 3 aromatic rings. The third-order valence-electron chi connectivity index (χ3n) is 4.68. The van der Waals surface area contributed by atoms with E-state index in [0.29, 0.717) is 28.8 Å². The van der Waals surface area contributed by atoms with Gasteiger partial charge in [0, 0.05) is 43.5 Å². The zero-order valence-electron chi connectivity index (χ0n) is 15.9. The lowest BCUT2D eigenvalue weighted by atomic mass is 9.84. The van der Waals surface area contributed by atoms with E-state index in [4.69, 9.17) is 5.11 Å². The van der Waals surface area contributed by atoms with Crippen LogP contribution in [-0.2, 0) is 0 Å². The minimum atomic E-state index is -0.780. The van der Waals surface area contributed by atoms with E-state index in [1.54, 1.807) is 36.4 Å². The second-order valence-electron chi connectivity index (χ2n) is 6.77. The molecule has 5 nitrogen and oxygen atoms in total. The first-order chi connectivity index (χ1) is 14.6. The summed E-state index contributed by atoms with van der Waals surface area (Å²) in [6.07, 6.45) is -0.780. The van der Waals surface area contributed by atoms with Crippen LogP contribution in [0.15, 0.2) is 81.4 Å². The number of aliphatic hydroxyl groups is 2. The molecule has 1 aliphatic carbocycles. The lowest BCUT2D eigenvalue weighted by molar-refractivity contribution is 0.0979. The molecule has 1 aliphatic rings. The van der Waals surface area contributed by atoms with E-state index in [1.807, 2.05) is 30.3 Å². The summed E-state index contributed by atoms with van der Waals surface area (Å²) in [7, 11) is 0. The topological polar surface area (TPSA) is 86.6 Å². The molecule has 1 unspecified atom stereocenters. The molecule has 0 bridgehead atoms. The Balaban J connectivity index is 1.47. The van der Waals surface area contributed by atoms with Crippen LogP contribution < -0.4 is 4.72 Å². The normalized spacial score (nSPS) is 13.7. The van der Waals surface area contributed by atoms with Gasteiger partial charge in [-0.25, -0.2) is 0 Å². The average Bonchev–Trinajstić information content (AvgIpc) is 2.78. The molecular formula is C23H19NO4S2. The first-order valence-corrected chi connectivity index (χ1v) is 11.0. The van der Waals surface area contributed by atoms with E-state index in [1.165, 1.54) is 23.7 Å². The summed E-state index contributed by atoms with van der Waals surface area (Å²) < 4.78 is 3.00. The third-order valence-corrected chi connectivity index (χ3v) is 6.49. The highest BCUT2D eigenvalue weighted by atomic mass is 32.2. The molecule has 0 saturated heterocycles. The van der Waals surface area contributed by atoms with E-state index in [-0.39, 0.29) is 18.2 Å². The van der Waals surface area contributed by atoms with E-state index >= 15 is 0 Å². The lowest BCUT2D eigenvalue weighted by Gasteiger charge is -2.18. The van der Waals surface area contributed by atoms with Crippen LogP contribution in [0, 0.1) is 0 Å². The molecule has 0 fully saturated rings. The first kappa shape index (κ1) is 20.8. The Kier molecular flexibility index (Phi) is 6.36. The Morgan fingerprint density at radius 2 is 1.33 bits per heavy atom. The van der Waals surface area contributed by atoms with Gasteiger partial charge in [-0.2, -0.15) is 0 Å². The Morgan fingerprint density at radius 1 is 0.767 bits per heavy atom. The first-order valence-electron chi connectivity index (χ1n) is 9.36. The number of rotatable bonds is 7. The lowest BCUT2D eigenvalue weighted by Crippen LogP contribution is -2.25. The van der Waals surface area contributed by atoms with Crippen LogP contribution in [0.25, 0.3) is 0 Å². The number of carbonyl (C=O) groups excluding carboxylic acids is 2. The molecule has 0 aliphatic heterocycles. The molecule has 152 valence electrons. The van der Waals surface area contributed by atoms with Crippen LogP contribution in [-0.4, -0.2) is 41.0 Å². The highest BCUT2D eigenvalue weighted by molar-refractivity contribution is 7.99. The van der Waals surface area contributed by atoms with Crippen molar-refractivity contribution in [2.24, 2.45) is 0 Å². The monoisotopic (exact) mass is 437 g/mol. The predicted molar refractivity (Wildman–Crippen MR) is 117 cm³/mol. The van der Waals surface area contributed by atoms with Crippen molar-refractivity contribution in [2.75, 3.05) is 13.2 Å². The summed E-state index contributed by atoms with van der Waals surface area (Å²) >= 11 is 2.90. The molecule has 0 spiro atoms. The van der Waals surface area contributed by atoms with Gasteiger partial charge in [0.2, 0.25) is 0 Å². The summed E-state index contributed by atoms with van der Waals surface area (Å²) in [5.74, 6) is -0.234. The maximum Gasteiger partial charge on any atom is 0.194 e. The number of benzene rings is 3. The van der Waals surface area contributed by atoms with Crippen LogP contribution in [0.3, 0.4) is 0 Å². The molecule has 30 heavy (non-hydrogen) atoms. The third kappa shape index (κ3) is 4.35. The SMILES string of the molecule is O=C1c2ccccc2C(=O)c2cc(Sc3ccc(SNCC(O)CO)cc3)ccc21. The standard InChI is InChI=1S/C23H19NO4S2/c25-13-14(26)12-24-30-16-7-5-15(6-8-16)29-17-9-10-20-21(11-17)23(28)19-4-2-1-3-18(19)22(20)27/h1-11,14,24-26H,12-13H2. The largest absolute Gasteiger partial charge is 0.394 e. The van der Waals surface area contributed by atoms with Gasteiger partial charge in [0.1, 0.15) is 0 Å². The Morgan fingerprint density at radius 3 is 2.00 bits per heavy atom. The highest BCUT2D eigenvalue weighted by Gasteiger charge is 2.29. The van der Waals surface area contributed by atoms with Crippen molar-refractivity contribution < 1.29 is 19.8 Å². The van der Waals surface area contributed by atoms with Crippen LogP contribution in [0.4, 0.5) is 0 Å². The second-order valence-corrected chi connectivity index (χ2v) is 8.88. The fourth-order valence-corrected chi connectivity index (χ4v) is 4.71. The van der Waals surface area contributed by atoms with Crippen molar-refractivity contribution in [3.05, 3.63) is 89.0 Å². The minimum absolute atomic E-state index is 0.114. The molecular weight excluding hydrogens is 418 g/mol. The van der Waals surface area contributed by atoms with Crippen molar-refractivity contribution in [1.82, 2.24) is 4.72 Å². The van der Waals surface area contributed by atoms with Crippen molar-refractivity contribution in [1.29, 1.82) is 0 Å². The quantitative estimate of drug-likeness (QED) is 0.381. The molecule has 0 heterocycles. The molecule has 4 rings (SSSR count). The summed E-state index contributed by atoms with van der Waals surface area (Å²) in [6, 6.07) is 20.2. The van der Waals surface area contributed by atoms with Crippen LogP contribution in [0.5, 0.6) is 0 Å². The number of hydrogen-bond donors (Lipinski definition) is 3. The minimum Gasteiger partial charge on any atom is -0.394 e. The highest BCUT2D eigenvalue weighted by Crippen LogP contribution is 2.34. The molecule has 3 N–H and O–H groups in total. The van der Waals surface area contributed by atoms with Gasteiger partial charge in [-0.05, 0) is 54.4 Å². The average molecular weight is 438 g/mol. The van der Waals surface area contributed by atoms with Gasteiger partial charge < -0.3 is 10.2 Å². The fourth-order valence-electron chi connectivity index (χ4n) is 3.14. The van der Waals surface area contributed by atoms with Crippen LogP contribution in [0.2, 0.25) is 0 Å². The van der Waals surface area contributed by atoms with Gasteiger partial charge in [0.05, 0.1) is 12.7 Å². The van der Waals surface area contributed by atoms with E-state index in [2.05, 4.69) is 4.72 Å². The van der Waals surface area contributed by atoms with Gasteiger partial charge in [-0.3, -0.25) is 14.3 Å². The van der Waals surface area contributed by atoms with Crippen LogP contribution >= 0.6 is 23.7 Å². The zero-order valence-corrected chi connectivity index (χ0v) is 17.5. The van der Waals surface area contributed by atoms with Gasteiger partial charge in [-0.15, -0.1) is 0 Å². The molecule has 0 radical (unpaired) electrons. The molecule has 1 atom stereocenters. The predicted octanol–water partition coefficient (Wildman–Crippen LogP) is 3.56. The van der Waals surface area contributed by atoms with Gasteiger partial charge in [0.15, 0.2) is 11.6 Å². The number of fused-ring (bicyclic) bond motifs is 2.